The van der Waals surface area contributed by atoms with Crippen LogP contribution in [0, 0.1) is 27.7 Å². The first-order valence-corrected chi connectivity index (χ1v) is 10.4. The predicted molar refractivity (Wildman–Crippen MR) is 114 cm³/mol. The Morgan fingerprint density at radius 1 is 1.07 bits per heavy atom. The predicted octanol–water partition coefficient (Wildman–Crippen LogP) is 6.61. The van der Waals surface area contributed by atoms with Crippen LogP contribution in [-0.2, 0) is 0 Å². The summed E-state index contributed by atoms with van der Waals surface area (Å²) >= 11 is 0. The van der Waals surface area contributed by atoms with Gasteiger partial charge in [-0.05, 0) is 70.1 Å². The van der Waals surface area contributed by atoms with E-state index in [0.29, 0.717) is 12.0 Å². The fraction of sp³-hybridized carbons (Fsp3) is 0.542. The van der Waals surface area contributed by atoms with Crippen molar-refractivity contribution >= 4 is 5.69 Å². The van der Waals surface area contributed by atoms with Crippen molar-refractivity contribution in [1.82, 2.24) is 4.98 Å². The normalized spacial score (nSPS) is 16.6. The summed E-state index contributed by atoms with van der Waals surface area (Å²) in [6.45, 7) is 16.5. The highest BCUT2D eigenvalue weighted by atomic mass is 16.5. The first-order chi connectivity index (χ1) is 12.8. The molecule has 0 saturated heterocycles. The average molecular weight is 367 g/mol. The first-order valence-electron chi connectivity index (χ1n) is 10.4. The van der Waals surface area contributed by atoms with Crippen LogP contribution in [0.1, 0.15) is 73.9 Å². The van der Waals surface area contributed by atoms with E-state index in [9.17, 15) is 0 Å². The highest BCUT2D eigenvalue weighted by Gasteiger charge is 2.30. The largest absolute Gasteiger partial charge is 0.438 e. The number of nitrogens with zero attached hydrogens (tertiary/aromatic N) is 2. The summed E-state index contributed by atoms with van der Waals surface area (Å²) in [6, 6.07) is 7.20. The van der Waals surface area contributed by atoms with Gasteiger partial charge in [-0.2, -0.15) is 0 Å². The minimum atomic E-state index is 0.458. The fourth-order valence-electron chi connectivity index (χ4n) is 4.55. The highest BCUT2D eigenvalue weighted by Crippen LogP contribution is 2.44. The lowest BCUT2D eigenvalue weighted by molar-refractivity contribution is 0.431. The molecule has 0 spiro atoms. The number of benzene rings is 1. The van der Waals surface area contributed by atoms with Gasteiger partial charge in [0.05, 0.1) is 0 Å². The molecule has 0 amide bonds. The molecule has 2 heterocycles. The van der Waals surface area contributed by atoms with E-state index in [1.54, 1.807) is 0 Å². The van der Waals surface area contributed by atoms with Crippen LogP contribution in [0.4, 0.5) is 5.69 Å². The molecule has 0 radical (unpaired) electrons. The Bertz CT molecular complexity index is 800. The van der Waals surface area contributed by atoms with E-state index in [4.69, 9.17) is 9.72 Å². The van der Waals surface area contributed by atoms with Crippen molar-refractivity contribution in [3.05, 3.63) is 46.1 Å². The first kappa shape index (κ1) is 19.7. The third-order valence-corrected chi connectivity index (χ3v) is 5.92. The van der Waals surface area contributed by atoms with Crippen molar-refractivity contribution < 1.29 is 4.74 Å². The molecule has 1 unspecified atom stereocenters. The minimum Gasteiger partial charge on any atom is -0.438 e. The van der Waals surface area contributed by atoms with Crippen LogP contribution in [-0.4, -0.2) is 17.6 Å². The molecule has 146 valence electrons. The van der Waals surface area contributed by atoms with E-state index >= 15 is 0 Å². The second kappa shape index (κ2) is 7.92. The Labute approximate surface area is 164 Å². The van der Waals surface area contributed by atoms with Crippen molar-refractivity contribution in [1.29, 1.82) is 0 Å². The molecule has 3 nitrogen and oxygen atoms in total. The number of rotatable bonds is 5. The third kappa shape index (κ3) is 3.83. The van der Waals surface area contributed by atoms with Crippen LogP contribution in [0.15, 0.2) is 18.2 Å². The van der Waals surface area contributed by atoms with Gasteiger partial charge in [0, 0.05) is 29.5 Å². The van der Waals surface area contributed by atoms with E-state index < -0.39 is 0 Å². The molecule has 3 rings (SSSR count). The van der Waals surface area contributed by atoms with Crippen LogP contribution >= 0.6 is 0 Å². The van der Waals surface area contributed by atoms with Crippen molar-refractivity contribution in [3.63, 3.8) is 0 Å². The summed E-state index contributed by atoms with van der Waals surface area (Å²) in [5, 5.41) is 0. The number of hydrogen-bond donors (Lipinski definition) is 0. The Kier molecular flexibility index (Phi) is 5.78. The Morgan fingerprint density at radius 2 is 1.70 bits per heavy atom. The van der Waals surface area contributed by atoms with Crippen molar-refractivity contribution in [2.24, 2.45) is 0 Å². The molecule has 27 heavy (non-hydrogen) atoms. The van der Waals surface area contributed by atoms with Gasteiger partial charge in [0.25, 0.3) is 0 Å². The zero-order chi connectivity index (χ0) is 19.7. The Morgan fingerprint density at radius 3 is 2.30 bits per heavy atom. The van der Waals surface area contributed by atoms with Gasteiger partial charge in [0.1, 0.15) is 5.75 Å². The molecule has 1 aliphatic rings. The molecule has 1 aromatic carbocycles. The SMILES string of the molecule is CCC(CC)N1CCC(C)c2c1cc(C)nc2Oc1c(C)cc(C)cc1C. The maximum absolute atomic E-state index is 6.50. The molecule has 2 aromatic rings. The third-order valence-electron chi connectivity index (χ3n) is 5.92. The molecule has 0 aliphatic carbocycles. The summed E-state index contributed by atoms with van der Waals surface area (Å²) in [5.74, 6) is 2.20. The molecule has 1 atom stereocenters. The zero-order valence-electron chi connectivity index (χ0n) is 18.0. The lowest BCUT2D eigenvalue weighted by Gasteiger charge is -2.40. The van der Waals surface area contributed by atoms with E-state index in [0.717, 1.165) is 43.1 Å². The highest BCUT2D eigenvalue weighted by molar-refractivity contribution is 5.63. The number of hydrogen-bond acceptors (Lipinski definition) is 3. The summed E-state index contributed by atoms with van der Waals surface area (Å²) < 4.78 is 6.50. The molecule has 0 fully saturated rings. The van der Waals surface area contributed by atoms with Gasteiger partial charge >= 0.3 is 0 Å². The number of pyridine rings is 1. The monoisotopic (exact) mass is 366 g/mol. The van der Waals surface area contributed by atoms with Crippen LogP contribution in [0.2, 0.25) is 0 Å². The Balaban J connectivity index is 2.10. The lowest BCUT2D eigenvalue weighted by Crippen LogP contribution is -2.39. The summed E-state index contributed by atoms with van der Waals surface area (Å²) in [4.78, 5) is 7.42. The van der Waals surface area contributed by atoms with Gasteiger partial charge in [-0.3, -0.25) is 0 Å². The van der Waals surface area contributed by atoms with Crippen LogP contribution in [0.3, 0.4) is 0 Å². The summed E-state index contributed by atoms with van der Waals surface area (Å²) in [5.41, 5.74) is 7.24. The lowest BCUT2D eigenvalue weighted by atomic mass is 9.90. The quantitative estimate of drug-likeness (QED) is 0.595. The van der Waals surface area contributed by atoms with Crippen molar-refractivity contribution in [2.75, 3.05) is 11.4 Å². The van der Waals surface area contributed by atoms with Crippen molar-refractivity contribution in [2.45, 2.75) is 79.7 Å². The van der Waals surface area contributed by atoms with Crippen LogP contribution < -0.4 is 9.64 Å². The molecule has 0 N–H and O–H groups in total. The molecule has 0 bridgehead atoms. The van der Waals surface area contributed by atoms with Crippen LogP contribution in [0.5, 0.6) is 11.6 Å². The van der Waals surface area contributed by atoms with E-state index in [-0.39, 0.29) is 0 Å². The second-order valence-corrected chi connectivity index (χ2v) is 8.18. The molecule has 3 heteroatoms. The zero-order valence-corrected chi connectivity index (χ0v) is 18.0. The number of anilines is 1. The Hall–Kier alpha value is -2.03. The molecule has 1 aromatic heterocycles. The maximum atomic E-state index is 6.50. The molecular weight excluding hydrogens is 332 g/mol. The molecule has 1 aliphatic heterocycles. The number of ether oxygens (including phenoxy) is 1. The van der Waals surface area contributed by atoms with Gasteiger partial charge in [0.2, 0.25) is 5.88 Å². The standard InChI is InChI=1S/C24H34N2O/c1-8-20(9-2)26-11-10-16(4)22-21(26)14-19(7)25-24(22)27-23-17(5)12-15(3)13-18(23)6/h12-14,16,20H,8-11H2,1-7H3. The number of fused-ring (bicyclic) bond motifs is 1. The molecular formula is C24H34N2O. The van der Waals surface area contributed by atoms with E-state index in [2.05, 4.69) is 71.6 Å². The van der Waals surface area contributed by atoms with Gasteiger partial charge in [0.15, 0.2) is 0 Å². The topological polar surface area (TPSA) is 25.4 Å². The molecule has 0 saturated carbocycles. The fourth-order valence-corrected chi connectivity index (χ4v) is 4.55. The van der Waals surface area contributed by atoms with Gasteiger partial charge < -0.3 is 9.64 Å². The van der Waals surface area contributed by atoms with Gasteiger partial charge in [-0.1, -0.05) is 38.5 Å². The summed E-state index contributed by atoms with van der Waals surface area (Å²) in [7, 11) is 0. The van der Waals surface area contributed by atoms with E-state index in [1.165, 1.54) is 27.9 Å². The summed E-state index contributed by atoms with van der Waals surface area (Å²) in [6.07, 6.45) is 3.48. The minimum absolute atomic E-state index is 0.458. The van der Waals surface area contributed by atoms with E-state index in [1.807, 2.05) is 0 Å². The number of aryl methyl sites for hydroxylation is 4. The second-order valence-electron chi connectivity index (χ2n) is 8.18. The van der Waals surface area contributed by atoms with Gasteiger partial charge in [-0.25, -0.2) is 4.98 Å². The van der Waals surface area contributed by atoms with Crippen molar-refractivity contribution in [3.8, 4) is 11.6 Å². The number of aromatic nitrogens is 1. The smallest absolute Gasteiger partial charge is 0.225 e. The van der Waals surface area contributed by atoms with Gasteiger partial charge in [-0.15, -0.1) is 0 Å². The van der Waals surface area contributed by atoms with Crippen LogP contribution in [0.25, 0.3) is 0 Å². The average Bonchev–Trinajstić information content (AvgIpc) is 2.60. The maximum Gasteiger partial charge on any atom is 0.225 e.